The van der Waals surface area contributed by atoms with Crippen LogP contribution in [0.5, 0.6) is 0 Å². The lowest BCUT2D eigenvalue weighted by molar-refractivity contribution is 0.0917. The third-order valence-corrected chi connectivity index (χ3v) is 3.95. The normalized spacial score (nSPS) is 13.3. The van der Waals surface area contributed by atoms with E-state index in [0.717, 1.165) is 5.56 Å². The molecule has 5 nitrogen and oxygen atoms in total. The Kier molecular flexibility index (Phi) is 5.93. The van der Waals surface area contributed by atoms with E-state index in [-0.39, 0.29) is 36.0 Å². The number of nitrogens with one attached hydrogen (secondary N) is 1. The van der Waals surface area contributed by atoms with Gasteiger partial charge in [0.05, 0.1) is 12.2 Å². The molecule has 0 aliphatic heterocycles. The van der Waals surface area contributed by atoms with Gasteiger partial charge in [-0.25, -0.2) is 0 Å². The molecule has 0 saturated heterocycles. The van der Waals surface area contributed by atoms with Gasteiger partial charge in [0.1, 0.15) is 5.76 Å². The van der Waals surface area contributed by atoms with Gasteiger partial charge < -0.3 is 14.8 Å². The first-order chi connectivity index (χ1) is 11.5. The molecule has 1 heterocycles. The second kappa shape index (κ2) is 7.93. The van der Waals surface area contributed by atoms with Crippen molar-refractivity contribution in [1.29, 1.82) is 0 Å². The molecule has 0 saturated carbocycles. The molecule has 0 fully saturated rings. The summed E-state index contributed by atoms with van der Waals surface area (Å²) in [6.45, 7) is 5.23. The van der Waals surface area contributed by atoms with Crippen LogP contribution < -0.4 is 5.32 Å². The van der Waals surface area contributed by atoms with Crippen LogP contribution in [0.4, 0.5) is 0 Å². The summed E-state index contributed by atoms with van der Waals surface area (Å²) < 4.78 is 5.75. The number of Topliss-reactive ketones (excluding diaryl/α,β-unsaturated/α-hetero) is 1. The highest BCUT2D eigenvalue weighted by Crippen LogP contribution is 2.30. The fourth-order valence-corrected chi connectivity index (χ4v) is 2.46. The van der Waals surface area contributed by atoms with Crippen LogP contribution in [0.25, 0.3) is 0 Å². The summed E-state index contributed by atoms with van der Waals surface area (Å²) in [6, 6.07) is 10.8. The number of rotatable bonds is 7. The van der Waals surface area contributed by atoms with Gasteiger partial charge in [-0.05, 0) is 12.5 Å². The van der Waals surface area contributed by atoms with E-state index >= 15 is 0 Å². The van der Waals surface area contributed by atoms with Gasteiger partial charge in [-0.1, -0.05) is 44.2 Å². The largest absolute Gasteiger partial charge is 0.456 e. The summed E-state index contributed by atoms with van der Waals surface area (Å²) in [5.41, 5.74) is 1.33. The number of furan rings is 1. The maximum Gasteiger partial charge on any atom is 0.255 e. The van der Waals surface area contributed by atoms with Crippen molar-refractivity contribution >= 4 is 11.7 Å². The van der Waals surface area contributed by atoms with E-state index in [9.17, 15) is 9.59 Å². The van der Waals surface area contributed by atoms with Crippen LogP contribution in [0.3, 0.4) is 0 Å². The molecule has 1 unspecified atom stereocenters. The Hall–Kier alpha value is -2.40. The van der Waals surface area contributed by atoms with E-state index in [4.69, 9.17) is 9.52 Å². The van der Waals surface area contributed by atoms with Crippen LogP contribution in [0.1, 0.15) is 65.3 Å². The van der Waals surface area contributed by atoms with Crippen molar-refractivity contribution < 1.29 is 19.1 Å². The zero-order valence-electron chi connectivity index (χ0n) is 14.2. The predicted octanol–water partition coefficient (Wildman–Crippen LogP) is 3.13. The van der Waals surface area contributed by atoms with Gasteiger partial charge in [0.2, 0.25) is 0 Å². The SMILES string of the molecule is CCC(=O)c1cc(C(=O)NC(C)CO)c([C@@H](C)c2ccccc2)o1. The Labute approximate surface area is 141 Å². The number of aliphatic hydroxyl groups excluding tert-OH is 1. The van der Waals surface area contributed by atoms with Gasteiger partial charge in [-0.15, -0.1) is 0 Å². The smallest absolute Gasteiger partial charge is 0.255 e. The van der Waals surface area contributed by atoms with Crippen LogP contribution in [0, 0.1) is 0 Å². The highest BCUT2D eigenvalue weighted by Gasteiger charge is 2.25. The zero-order valence-corrected chi connectivity index (χ0v) is 14.2. The maximum absolute atomic E-state index is 12.5. The molecule has 2 rings (SSSR count). The molecule has 2 atom stereocenters. The molecule has 0 spiro atoms. The molecule has 0 aliphatic carbocycles. The molecule has 2 N–H and O–H groups in total. The van der Waals surface area contributed by atoms with E-state index in [2.05, 4.69) is 5.32 Å². The van der Waals surface area contributed by atoms with E-state index in [0.29, 0.717) is 17.7 Å². The number of carbonyl (C=O) groups excluding carboxylic acids is 2. The van der Waals surface area contributed by atoms with E-state index in [1.807, 2.05) is 37.3 Å². The third-order valence-electron chi connectivity index (χ3n) is 3.95. The lowest BCUT2D eigenvalue weighted by Crippen LogP contribution is -2.35. The summed E-state index contributed by atoms with van der Waals surface area (Å²) in [4.78, 5) is 24.5. The number of benzene rings is 1. The Morgan fingerprint density at radius 1 is 1.21 bits per heavy atom. The van der Waals surface area contributed by atoms with Crippen LogP contribution >= 0.6 is 0 Å². The molecule has 1 aromatic carbocycles. The molecule has 1 amide bonds. The third kappa shape index (κ3) is 3.92. The molecule has 2 aromatic rings. The van der Waals surface area contributed by atoms with Crippen molar-refractivity contribution in [2.45, 2.75) is 39.2 Å². The second-order valence-electron chi connectivity index (χ2n) is 5.85. The Balaban J connectivity index is 2.42. The number of aliphatic hydroxyl groups is 1. The molecule has 1 aromatic heterocycles. The van der Waals surface area contributed by atoms with Gasteiger partial charge in [-0.3, -0.25) is 9.59 Å². The monoisotopic (exact) mass is 329 g/mol. The zero-order chi connectivity index (χ0) is 17.7. The van der Waals surface area contributed by atoms with E-state index in [1.54, 1.807) is 13.8 Å². The van der Waals surface area contributed by atoms with Crippen molar-refractivity contribution in [2.24, 2.45) is 0 Å². The number of hydrogen-bond donors (Lipinski definition) is 2. The highest BCUT2D eigenvalue weighted by molar-refractivity contribution is 6.00. The first kappa shape index (κ1) is 17.9. The number of amides is 1. The number of carbonyl (C=O) groups is 2. The summed E-state index contributed by atoms with van der Waals surface area (Å²) in [5.74, 6) is -0.0217. The maximum atomic E-state index is 12.5. The molecule has 0 radical (unpaired) electrons. The molecule has 0 aliphatic rings. The van der Waals surface area contributed by atoms with Gasteiger partial charge in [-0.2, -0.15) is 0 Å². The van der Waals surface area contributed by atoms with Crippen LogP contribution in [-0.4, -0.2) is 29.4 Å². The van der Waals surface area contributed by atoms with Gasteiger partial charge in [0, 0.05) is 24.4 Å². The van der Waals surface area contributed by atoms with Crippen LogP contribution in [0.15, 0.2) is 40.8 Å². The van der Waals surface area contributed by atoms with E-state index < -0.39 is 0 Å². The highest BCUT2D eigenvalue weighted by atomic mass is 16.3. The Morgan fingerprint density at radius 3 is 2.46 bits per heavy atom. The standard InChI is InChI=1S/C19H23NO4/c1-4-16(22)17-10-15(19(23)20-12(2)11-21)18(24-17)13(3)14-8-6-5-7-9-14/h5-10,12-13,21H,4,11H2,1-3H3,(H,20,23)/t12?,13-/m0/s1. The first-order valence-electron chi connectivity index (χ1n) is 8.11. The lowest BCUT2D eigenvalue weighted by atomic mass is 9.96. The van der Waals surface area contributed by atoms with E-state index in [1.165, 1.54) is 6.07 Å². The average molecular weight is 329 g/mol. The number of hydrogen-bond acceptors (Lipinski definition) is 4. The lowest BCUT2D eigenvalue weighted by Gasteiger charge is -2.14. The molecule has 5 heteroatoms. The van der Waals surface area contributed by atoms with Crippen molar-refractivity contribution in [3.8, 4) is 0 Å². The summed E-state index contributed by atoms with van der Waals surface area (Å²) in [6.07, 6.45) is 0.306. The predicted molar refractivity (Wildman–Crippen MR) is 91.3 cm³/mol. The molecule has 24 heavy (non-hydrogen) atoms. The first-order valence-corrected chi connectivity index (χ1v) is 8.11. The van der Waals surface area contributed by atoms with Crippen molar-refractivity contribution in [3.05, 3.63) is 59.0 Å². The minimum Gasteiger partial charge on any atom is -0.456 e. The Bertz CT molecular complexity index is 705. The Morgan fingerprint density at radius 2 is 1.88 bits per heavy atom. The molecular formula is C19H23NO4. The average Bonchev–Trinajstić information content (AvgIpc) is 3.06. The topological polar surface area (TPSA) is 79.5 Å². The molecular weight excluding hydrogens is 306 g/mol. The van der Waals surface area contributed by atoms with Gasteiger partial charge >= 0.3 is 0 Å². The van der Waals surface area contributed by atoms with Crippen molar-refractivity contribution in [3.63, 3.8) is 0 Å². The quantitative estimate of drug-likeness (QED) is 0.765. The van der Waals surface area contributed by atoms with Crippen molar-refractivity contribution in [1.82, 2.24) is 5.32 Å². The fourth-order valence-electron chi connectivity index (χ4n) is 2.46. The second-order valence-corrected chi connectivity index (χ2v) is 5.85. The van der Waals surface area contributed by atoms with Crippen LogP contribution in [-0.2, 0) is 0 Å². The summed E-state index contributed by atoms with van der Waals surface area (Å²) >= 11 is 0. The molecule has 0 bridgehead atoms. The van der Waals surface area contributed by atoms with Crippen molar-refractivity contribution in [2.75, 3.05) is 6.61 Å². The van der Waals surface area contributed by atoms with Crippen LogP contribution in [0.2, 0.25) is 0 Å². The van der Waals surface area contributed by atoms with Gasteiger partial charge in [0.15, 0.2) is 11.5 Å². The minimum atomic E-state index is -0.377. The minimum absolute atomic E-state index is 0.147. The fraction of sp³-hybridized carbons (Fsp3) is 0.368. The summed E-state index contributed by atoms with van der Waals surface area (Å²) in [7, 11) is 0. The summed E-state index contributed by atoms with van der Waals surface area (Å²) in [5, 5.41) is 11.8. The number of ketones is 1. The molecule has 128 valence electrons. The van der Waals surface area contributed by atoms with Gasteiger partial charge in [0.25, 0.3) is 5.91 Å².